The number of carbonyl (C=O) groups excluding carboxylic acids is 1. The zero-order valence-corrected chi connectivity index (χ0v) is 18.8. The van der Waals surface area contributed by atoms with Crippen molar-refractivity contribution in [3.05, 3.63) is 84.2 Å². The molecule has 34 heavy (non-hydrogen) atoms. The van der Waals surface area contributed by atoms with Crippen LogP contribution in [0.25, 0.3) is 17.2 Å². The Balaban J connectivity index is 1.20. The fourth-order valence-electron chi connectivity index (χ4n) is 4.43. The van der Waals surface area contributed by atoms with Crippen LogP contribution in [-0.2, 0) is 22.6 Å². The quantitative estimate of drug-likeness (QED) is 0.419. The van der Waals surface area contributed by atoms with Crippen LogP contribution in [0.15, 0.2) is 67.1 Å². The molecule has 1 amide bonds. The largest absolute Gasteiger partial charge is 0.367 e. The zero-order valence-electron chi connectivity index (χ0n) is 18.8. The van der Waals surface area contributed by atoms with Gasteiger partial charge in [-0.1, -0.05) is 30.3 Å². The Morgan fingerprint density at radius 1 is 1.12 bits per heavy atom. The molecule has 1 atom stereocenters. The van der Waals surface area contributed by atoms with Gasteiger partial charge in [0.1, 0.15) is 23.8 Å². The van der Waals surface area contributed by atoms with Gasteiger partial charge in [0.25, 0.3) is 0 Å². The summed E-state index contributed by atoms with van der Waals surface area (Å²) < 4.78 is 21.0. The molecule has 1 aromatic carbocycles. The normalized spacial score (nSPS) is 16.1. The average molecular weight is 460 g/mol. The lowest BCUT2D eigenvalue weighted by atomic mass is 9.93. The van der Waals surface area contributed by atoms with Gasteiger partial charge in [0.15, 0.2) is 5.82 Å². The number of halogens is 1. The van der Waals surface area contributed by atoms with Gasteiger partial charge in [-0.15, -0.1) is 0 Å². The summed E-state index contributed by atoms with van der Waals surface area (Å²) in [6.45, 7) is 1.96. The van der Waals surface area contributed by atoms with Crippen molar-refractivity contribution in [1.82, 2.24) is 24.3 Å². The molecule has 7 nitrogen and oxygen atoms in total. The number of hydrogen-bond donors (Lipinski definition) is 0. The number of rotatable bonds is 7. The first-order valence-corrected chi connectivity index (χ1v) is 11.5. The highest BCUT2D eigenvalue weighted by Gasteiger charge is 2.24. The number of aromatic nitrogens is 4. The van der Waals surface area contributed by atoms with Crippen LogP contribution in [0.2, 0.25) is 0 Å². The van der Waals surface area contributed by atoms with E-state index in [1.807, 2.05) is 41.3 Å². The molecule has 4 heterocycles. The fraction of sp³-hybridized carbons (Fsp3) is 0.308. The van der Waals surface area contributed by atoms with Gasteiger partial charge >= 0.3 is 0 Å². The minimum atomic E-state index is -0.345. The van der Waals surface area contributed by atoms with Gasteiger partial charge in [0.2, 0.25) is 5.91 Å². The van der Waals surface area contributed by atoms with Crippen LogP contribution in [0.1, 0.15) is 24.1 Å². The minimum absolute atomic E-state index is 0.0248. The second kappa shape index (κ2) is 10.1. The minimum Gasteiger partial charge on any atom is -0.367 e. The van der Waals surface area contributed by atoms with E-state index in [4.69, 9.17) is 9.72 Å². The van der Waals surface area contributed by atoms with E-state index >= 15 is 0 Å². The molecule has 1 saturated heterocycles. The van der Waals surface area contributed by atoms with Gasteiger partial charge in [0.05, 0.1) is 12.8 Å². The van der Waals surface area contributed by atoms with Crippen LogP contribution in [-0.4, -0.2) is 49.9 Å². The molecule has 4 aromatic rings. The van der Waals surface area contributed by atoms with Gasteiger partial charge in [-0.05, 0) is 48.9 Å². The number of amides is 1. The van der Waals surface area contributed by atoms with E-state index in [2.05, 4.69) is 9.97 Å². The highest BCUT2D eigenvalue weighted by Crippen LogP contribution is 2.22. The summed E-state index contributed by atoms with van der Waals surface area (Å²) in [5.74, 6) is 0.502. The number of pyridine rings is 1. The van der Waals surface area contributed by atoms with Crippen LogP contribution in [0, 0.1) is 11.7 Å². The number of carbonyl (C=O) groups is 1. The highest BCUT2D eigenvalue weighted by molar-refractivity contribution is 5.77. The standard InChI is InChI=1S/C26H26FN5O2/c27-21-8-9-24-29-14-23(32(24)16-21)26-28-11-10-22(30-26)13-20-7-4-12-31(15-20)25(33)18-34-17-19-5-2-1-3-6-19/h1-3,5-6,8-11,14,16,20H,4,7,12-13,15,17-18H2/t20-/m0/s1. The maximum Gasteiger partial charge on any atom is 0.248 e. The maximum absolute atomic E-state index is 13.7. The Kier molecular flexibility index (Phi) is 6.58. The molecule has 0 radical (unpaired) electrons. The predicted octanol–water partition coefficient (Wildman–Crippen LogP) is 3.93. The highest BCUT2D eigenvalue weighted by atomic mass is 19.1. The zero-order chi connectivity index (χ0) is 23.3. The lowest BCUT2D eigenvalue weighted by Crippen LogP contribution is -2.42. The molecule has 1 aliphatic heterocycles. The summed E-state index contributed by atoms with van der Waals surface area (Å²) in [6.07, 6.45) is 7.51. The maximum atomic E-state index is 13.7. The molecular formula is C26H26FN5O2. The molecule has 3 aromatic heterocycles. The number of fused-ring (bicyclic) bond motifs is 1. The second-order valence-corrected chi connectivity index (χ2v) is 8.62. The van der Waals surface area contributed by atoms with Gasteiger partial charge in [-0.25, -0.2) is 19.3 Å². The molecule has 174 valence electrons. The number of hydrogen-bond acceptors (Lipinski definition) is 5. The molecule has 0 N–H and O–H groups in total. The molecular weight excluding hydrogens is 433 g/mol. The van der Waals surface area contributed by atoms with E-state index in [0.29, 0.717) is 36.2 Å². The topological polar surface area (TPSA) is 72.6 Å². The van der Waals surface area contributed by atoms with Crippen molar-refractivity contribution in [3.63, 3.8) is 0 Å². The summed E-state index contributed by atoms with van der Waals surface area (Å²) in [5, 5.41) is 0. The number of imidazole rings is 1. The molecule has 0 spiro atoms. The van der Waals surface area contributed by atoms with Crippen LogP contribution in [0.3, 0.4) is 0 Å². The van der Waals surface area contributed by atoms with Crippen molar-refractivity contribution < 1.29 is 13.9 Å². The third-order valence-corrected chi connectivity index (χ3v) is 6.12. The number of likely N-dealkylation sites (tertiary alicyclic amines) is 1. The van der Waals surface area contributed by atoms with Crippen molar-refractivity contribution in [2.24, 2.45) is 5.92 Å². The van der Waals surface area contributed by atoms with Crippen LogP contribution in [0.5, 0.6) is 0 Å². The van der Waals surface area contributed by atoms with E-state index in [0.717, 1.165) is 37.1 Å². The molecule has 5 rings (SSSR count). The first-order valence-electron chi connectivity index (χ1n) is 11.5. The van der Waals surface area contributed by atoms with Gasteiger partial charge in [-0.3, -0.25) is 9.20 Å². The van der Waals surface area contributed by atoms with Crippen molar-refractivity contribution >= 4 is 11.6 Å². The van der Waals surface area contributed by atoms with Gasteiger partial charge < -0.3 is 9.64 Å². The van der Waals surface area contributed by atoms with Crippen molar-refractivity contribution in [3.8, 4) is 11.5 Å². The van der Waals surface area contributed by atoms with E-state index < -0.39 is 0 Å². The Morgan fingerprint density at radius 3 is 2.88 bits per heavy atom. The molecule has 0 unspecified atom stereocenters. The fourth-order valence-corrected chi connectivity index (χ4v) is 4.43. The number of ether oxygens (including phenoxy) is 1. The van der Waals surface area contributed by atoms with Crippen LogP contribution in [0.4, 0.5) is 4.39 Å². The first-order chi connectivity index (χ1) is 16.7. The van der Waals surface area contributed by atoms with E-state index in [1.165, 1.54) is 12.3 Å². The number of piperidine rings is 1. The smallest absolute Gasteiger partial charge is 0.248 e. The third-order valence-electron chi connectivity index (χ3n) is 6.12. The van der Waals surface area contributed by atoms with Crippen molar-refractivity contribution in [2.75, 3.05) is 19.7 Å². The number of nitrogens with zero attached hydrogens (tertiary/aromatic N) is 5. The van der Waals surface area contributed by atoms with E-state index in [-0.39, 0.29) is 18.3 Å². The summed E-state index contributed by atoms with van der Waals surface area (Å²) in [6, 6.07) is 14.8. The Bertz CT molecular complexity index is 1280. The number of benzene rings is 1. The lowest BCUT2D eigenvalue weighted by molar-refractivity contribution is -0.138. The van der Waals surface area contributed by atoms with Gasteiger partial charge in [-0.2, -0.15) is 0 Å². The summed E-state index contributed by atoms with van der Waals surface area (Å²) in [4.78, 5) is 28.0. The third kappa shape index (κ3) is 5.12. The SMILES string of the molecule is O=C(COCc1ccccc1)N1CCC[C@@H](Cc2ccnc(-c3cnc4ccc(F)cn34)n2)C1. The van der Waals surface area contributed by atoms with E-state index in [9.17, 15) is 9.18 Å². The summed E-state index contributed by atoms with van der Waals surface area (Å²) in [7, 11) is 0. The van der Waals surface area contributed by atoms with Crippen LogP contribution < -0.4 is 0 Å². The van der Waals surface area contributed by atoms with Gasteiger partial charge in [0, 0.05) is 31.2 Å². The molecule has 0 aliphatic carbocycles. The van der Waals surface area contributed by atoms with Crippen LogP contribution >= 0.6 is 0 Å². The first kappa shape index (κ1) is 22.2. The predicted molar refractivity (Wildman–Crippen MR) is 125 cm³/mol. The van der Waals surface area contributed by atoms with Crippen molar-refractivity contribution in [2.45, 2.75) is 25.9 Å². The molecule has 1 aliphatic rings. The average Bonchev–Trinajstić information content (AvgIpc) is 3.28. The monoisotopic (exact) mass is 459 g/mol. The second-order valence-electron chi connectivity index (χ2n) is 8.62. The molecule has 1 fully saturated rings. The lowest BCUT2D eigenvalue weighted by Gasteiger charge is -2.32. The Labute approximate surface area is 197 Å². The Hall–Kier alpha value is -3.65. The van der Waals surface area contributed by atoms with Crippen molar-refractivity contribution in [1.29, 1.82) is 0 Å². The van der Waals surface area contributed by atoms with E-state index in [1.54, 1.807) is 22.9 Å². The molecule has 0 bridgehead atoms. The molecule has 8 heteroatoms. The molecule has 0 saturated carbocycles. The Morgan fingerprint density at radius 2 is 2.00 bits per heavy atom. The summed E-state index contributed by atoms with van der Waals surface area (Å²) in [5.41, 5.74) is 3.24. The summed E-state index contributed by atoms with van der Waals surface area (Å²) >= 11 is 0.